The summed E-state index contributed by atoms with van der Waals surface area (Å²) in [5.74, 6) is 0.378. The largest absolute Gasteiger partial charge is 0.484 e. The van der Waals surface area contributed by atoms with Gasteiger partial charge in [0.2, 0.25) is 5.78 Å². The van der Waals surface area contributed by atoms with Crippen LogP contribution in [0.4, 0.5) is 10.1 Å². The van der Waals surface area contributed by atoms with Crippen molar-refractivity contribution in [1.82, 2.24) is 14.4 Å². The molecule has 0 aliphatic heterocycles. The van der Waals surface area contributed by atoms with Crippen molar-refractivity contribution in [2.45, 2.75) is 6.92 Å². The van der Waals surface area contributed by atoms with Crippen LogP contribution in [0.15, 0.2) is 67.1 Å². The number of rotatable bonds is 5. The minimum Gasteiger partial charge on any atom is -0.484 e. The lowest BCUT2D eigenvalue weighted by Crippen LogP contribution is -2.20. The molecule has 28 heavy (non-hydrogen) atoms. The Morgan fingerprint density at radius 2 is 2.04 bits per heavy atom. The molecule has 7 heteroatoms. The molecular weight excluding hydrogens is 359 g/mol. The summed E-state index contributed by atoms with van der Waals surface area (Å²) in [6, 6.07) is 13.1. The van der Waals surface area contributed by atoms with Gasteiger partial charge in [0.15, 0.2) is 6.61 Å². The first kappa shape index (κ1) is 17.7. The summed E-state index contributed by atoms with van der Waals surface area (Å²) in [5, 5.41) is 2.85. The zero-order valence-corrected chi connectivity index (χ0v) is 15.1. The van der Waals surface area contributed by atoms with Crippen LogP contribution in [0.25, 0.3) is 17.0 Å². The molecule has 0 unspecified atom stereocenters. The highest BCUT2D eigenvalue weighted by Crippen LogP contribution is 2.25. The van der Waals surface area contributed by atoms with E-state index in [0.717, 1.165) is 16.8 Å². The van der Waals surface area contributed by atoms with Crippen LogP contribution in [0.1, 0.15) is 5.56 Å². The summed E-state index contributed by atoms with van der Waals surface area (Å²) < 4.78 is 20.1. The van der Waals surface area contributed by atoms with Gasteiger partial charge in [0.05, 0.1) is 5.69 Å². The SMILES string of the molecule is Cc1ccc(-c2cn3cccnc3n2)cc1NC(=O)COc1ccc(F)cc1. The zero-order valence-electron chi connectivity index (χ0n) is 15.1. The smallest absolute Gasteiger partial charge is 0.262 e. The molecule has 2 aromatic carbocycles. The summed E-state index contributed by atoms with van der Waals surface area (Å²) >= 11 is 0. The van der Waals surface area contributed by atoms with Gasteiger partial charge >= 0.3 is 0 Å². The molecule has 0 saturated heterocycles. The highest BCUT2D eigenvalue weighted by molar-refractivity contribution is 5.93. The summed E-state index contributed by atoms with van der Waals surface area (Å²) in [5.41, 5.74) is 3.22. The zero-order chi connectivity index (χ0) is 19.5. The van der Waals surface area contributed by atoms with Gasteiger partial charge in [-0.2, -0.15) is 0 Å². The highest BCUT2D eigenvalue weighted by Gasteiger charge is 2.10. The van der Waals surface area contributed by atoms with Crippen molar-refractivity contribution in [2.75, 3.05) is 11.9 Å². The van der Waals surface area contributed by atoms with Gasteiger partial charge < -0.3 is 10.1 Å². The van der Waals surface area contributed by atoms with Crippen LogP contribution in [0, 0.1) is 12.7 Å². The van der Waals surface area contributed by atoms with E-state index in [0.29, 0.717) is 17.2 Å². The normalized spacial score (nSPS) is 10.8. The van der Waals surface area contributed by atoms with Crippen molar-refractivity contribution in [1.29, 1.82) is 0 Å². The molecule has 0 spiro atoms. The summed E-state index contributed by atoms with van der Waals surface area (Å²) in [6.45, 7) is 1.74. The average molecular weight is 376 g/mol. The van der Waals surface area contributed by atoms with Gasteiger partial charge in [-0.3, -0.25) is 9.20 Å². The van der Waals surface area contributed by atoms with Crippen LogP contribution < -0.4 is 10.1 Å². The Morgan fingerprint density at radius 1 is 1.21 bits per heavy atom. The Kier molecular flexibility index (Phi) is 4.72. The number of imidazole rings is 1. The molecule has 1 amide bonds. The number of amides is 1. The molecule has 0 saturated carbocycles. The number of anilines is 1. The number of carbonyl (C=O) groups is 1. The number of nitrogens with one attached hydrogen (secondary N) is 1. The maximum absolute atomic E-state index is 12.9. The molecule has 0 fully saturated rings. The number of nitrogens with zero attached hydrogens (tertiary/aromatic N) is 3. The molecule has 0 aliphatic rings. The topological polar surface area (TPSA) is 68.5 Å². The molecule has 6 nitrogen and oxygen atoms in total. The molecule has 0 atom stereocenters. The van der Waals surface area contributed by atoms with E-state index < -0.39 is 0 Å². The van der Waals surface area contributed by atoms with Crippen molar-refractivity contribution in [3.05, 3.63) is 78.5 Å². The van der Waals surface area contributed by atoms with Crippen LogP contribution in [-0.4, -0.2) is 26.9 Å². The van der Waals surface area contributed by atoms with Gasteiger partial charge in [-0.25, -0.2) is 14.4 Å². The van der Waals surface area contributed by atoms with Crippen molar-refractivity contribution < 1.29 is 13.9 Å². The van der Waals surface area contributed by atoms with E-state index in [4.69, 9.17) is 4.74 Å². The standard InChI is InChI=1S/C21H17FN4O2/c1-14-3-4-15(19-12-26-10-2-9-23-21(26)25-19)11-18(14)24-20(27)13-28-17-7-5-16(22)6-8-17/h2-12H,13H2,1H3,(H,24,27). The fraction of sp³-hybridized carbons (Fsp3) is 0.0952. The minimum absolute atomic E-state index is 0.173. The van der Waals surface area contributed by atoms with E-state index >= 15 is 0 Å². The van der Waals surface area contributed by atoms with Crippen LogP contribution in [0.5, 0.6) is 5.75 Å². The second-order valence-corrected chi connectivity index (χ2v) is 6.27. The van der Waals surface area contributed by atoms with E-state index in [1.54, 1.807) is 6.20 Å². The Hall–Kier alpha value is -3.74. The molecule has 0 aliphatic carbocycles. The van der Waals surface area contributed by atoms with Gasteiger partial charge in [-0.1, -0.05) is 12.1 Å². The third kappa shape index (κ3) is 3.83. The Bertz CT molecular complexity index is 1110. The summed E-state index contributed by atoms with van der Waals surface area (Å²) in [7, 11) is 0. The quantitative estimate of drug-likeness (QED) is 0.574. The Labute approximate surface area is 160 Å². The summed E-state index contributed by atoms with van der Waals surface area (Å²) in [6.07, 6.45) is 5.45. The van der Waals surface area contributed by atoms with Crippen molar-refractivity contribution in [3.63, 3.8) is 0 Å². The molecule has 0 bridgehead atoms. The predicted octanol–water partition coefficient (Wildman–Crippen LogP) is 3.86. The van der Waals surface area contributed by atoms with Gasteiger partial charge in [0, 0.05) is 29.8 Å². The number of aryl methyl sites for hydroxylation is 1. The predicted molar refractivity (Wildman–Crippen MR) is 104 cm³/mol. The first-order valence-electron chi connectivity index (χ1n) is 8.67. The van der Waals surface area contributed by atoms with Gasteiger partial charge in [-0.15, -0.1) is 0 Å². The third-order valence-corrected chi connectivity index (χ3v) is 4.23. The fourth-order valence-electron chi connectivity index (χ4n) is 2.75. The monoisotopic (exact) mass is 376 g/mol. The molecule has 140 valence electrons. The maximum Gasteiger partial charge on any atom is 0.262 e. The van der Waals surface area contributed by atoms with Crippen LogP contribution in [0.2, 0.25) is 0 Å². The molecular formula is C21H17FN4O2. The van der Waals surface area contributed by atoms with Crippen molar-refractivity contribution in [2.24, 2.45) is 0 Å². The molecule has 2 heterocycles. The van der Waals surface area contributed by atoms with Crippen LogP contribution >= 0.6 is 0 Å². The number of ether oxygens (including phenoxy) is 1. The van der Waals surface area contributed by atoms with E-state index in [9.17, 15) is 9.18 Å². The summed E-state index contributed by atoms with van der Waals surface area (Å²) in [4.78, 5) is 21.0. The lowest BCUT2D eigenvalue weighted by atomic mass is 10.1. The average Bonchev–Trinajstić information content (AvgIpc) is 3.13. The van der Waals surface area contributed by atoms with Crippen molar-refractivity contribution >= 4 is 17.4 Å². The van der Waals surface area contributed by atoms with E-state index in [1.165, 1.54) is 24.3 Å². The number of halogens is 1. The van der Waals surface area contributed by atoms with Crippen LogP contribution in [0.3, 0.4) is 0 Å². The third-order valence-electron chi connectivity index (χ3n) is 4.23. The van der Waals surface area contributed by atoms with E-state index in [2.05, 4.69) is 15.3 Å². The van der Waals surface area contributed by atoms with E-state index in [1.807, 2.05) is 48.0 Å². The first-order chi connectivity index (χ1) is 13.6. The maximum atomic E-state index is 12.9. The number of aromatic nitrogens is 3. The van der Waals surface area contributed by atoms with Gasteiger partial charge in [0.25, 0.3) is 5.91 Å². The van der Waals surface area contributed by atoms with E-state index in [-0.39, 0.29) is 18.3 Å². The lowest BCUT2D eigenvalue weighted by Gasteiger charge is -2.11. The van der Waals surface area contributed by atoms with Gasteiger partial charge in [-0.05, 0) is 48.9 Å². The number of fused-ring (bicyclic) bond motifs is 1. The minimum atomic E-state index is -0.355. The molecule has 0 radical (unpaired) electrons. The molecule has 4 aromatic rings. The van der Waals surface area contributed by atoms with Crippen LogP contribution in [-0.2, 0) is 4.79 Å². The molecule has 4 rings (SSSR count). The second-order valence-electron chi connectivity index (χ2n) is 6.27. The number of hydrogen-bond donors (Lipinski definition) is 1. The molecule has 2 aromatic heterocycles. The first-order valence-corrected chi connectivity index (χ1v) is 8.67. The number of benzene rings is 2. The van der Waals surface area contributed by atoms with Gasteiger partial charge in [0.1, 0.15) is 11.6 Å². The Balaban J connectivity index is 1.49. The number of carbonyl (C=O) groups excluding carboxylic acids is 1. The van der Waals surface area contributed by atoms with Crippen molar-refractivity contribution in [3.8, 4) is 17.0 Å². The highest BCUT2D eigenvalue weighted by atomic mass is 19.1. The molecule has 1 N–H and O–H groups in total. The fourth-order valence-corrected chi connectivity index (χ4v) is 2.75. The Morgan fingerprint density at radius 3 is 2.82 bits per heavy atom. The second kappa shape index (κ2) is 7.48. The number of hydrogen-bond acceptors (Lipinski definition) is 4. The lowest BCUT2D eigenvalue weighted by molar-refractivity contribution is -0.118.